The molecule has 0 unspecified atom stereocenters. The van der Waals surface area contributed by atoms with Gasteiger partial charge in [-0.25, -0.2) is 0 Å². The summed E-state index contributed by atoms with van der Waals surface area (Å²) in [5, 5.41) is 15.4. The molecule has 0 fully saturated rings. The van der Waals surface area contributed by atoms with Crippen molar-refractivity contribution in [3.63, 3.8) is 0 Å². The highest BCUT2D eigenvalue weighted by Gasteiger charge is 2.15. The lowest BCUT2D eigenvalue weighted by atomic mass is 10.3. The van der Waals surface area contributed by atoms with Gasteiger partial charge >= 0.3 is 0 Å². The molecule has 0 radical (unpaired) electrons. The Morgan fingerprint density at radius 3 is 3.00 bits per heavy atom. The van der Waals surface area contributed by atoms with E-state index in [0.29, 0.717) is 29.8 Å². The third-order valence-corrected chi connectivity index (χ3v) is 5.66. The fourth-order valence-electron chi connectivity index (χ4n) is 2.53. The van der Waals surface area contributed by atoms with Gasteiger partial charge in [-0.1, -0.05) is 29.1 Å². The minimum atomic E-state index is 0.624. The summed E-state index contributed by atoms with van der Waals surface area (Å²) >= 11 is 3.24. The number of aromatic nitrogens is 5. The molecule has 4 rings (SSSR count). The Morgan fingerprint density at radius 1 is 1.26 bits per heavy atom. The average molecular weight is 400 g/mol. The molecule has 0 aliphatic rings. The first-order chi connectivity index (χ1) is 13.3. The molecule has 0 amide bonds. The average Bonchev–Trinajstić information content (AvgIpc) is 3.46. The summed E-state index contributed by atoms with van der Waals surface area (Å²) in [6.07, 6.45) is 5.08. The van der Waals surface area contributed by atoms with Crippen molar-refractivity contribution in [2.45, 2.75) is 24.5 Å². The standard InChI is InChI=1S/C18H17N5O2S2/c1-2-9-23-17(13-6-3-10-24-13)20-21-18(23)27-12-5-8-15-19-16(22-25-15)14-7-4-11-26-14/h2-4,6-7,10-11H,1,5,8-9,12H2. The number of furan rings is 1. The highest BCUT2D eigenvalue weighted by Crippen LogP contribution is 2.25. The highest BCUT2D eigenvalue weighted by atomic mass is 32.2. The molecule has 0 saturated carbocycles. The Bertz CT molecular complexity index is 989. The molecule has 4 aromatic heterocycles. The SMILES string of the molecule is C=CCn1c(SCCCc2nc(-c3cccs3)no2)nnc1-c1ccco1. The first-order valence-electron chi connectivity index (χ1n) is 8.42. The summed E-state index contributed by atoms with van der Waals surface area (Å²) in [5.74, 6) is 3.58. The number of nitrogens with zero attached hydrogens (tertiary/aromatic N) is 5. The number of allylic oxidation sites excluding steroid dienone is 1. The number of hydrogen-bond donors (Lipinski definition) is 0. The van der Waals surface area contributed by atoms with Crippen LogP contribution in [0.4, 0.5) is 0 Å². The van der Waals surface area contributed by atoms with E-state index in [1.165, 1.54) is 0 Å². The third kappa shape index (κ3) is 4.04. The van der Waals surface area contributed by atoms with Crippen molar-refractivity contribution in [3.05, 3.63) is 54.5 Å². The molecular formula is C18H17N5O2S2. The van der Waals surface area contributed by atoms with Gasteiger partial charge in [-0.2, -0.15) is 4.98 Å². The fourth-order valence-corrected chi connectivity index (χ4v) is 4.06. The smallest absolute Gasteiger partial charge is 0.227 e. The van der Waals surface area contributed by atoms with E-state index < -0.39 is 0 Å². The van der Waals surface area contributed by atoms with Crippen molar-refractivity contribution in [1.82, 2.24) is 24.9 Å². The molecule has 0 saturated heterocycles. The van der Waals surface area contributed by atoms with Crippen molar-refractivity contribution in [2.75, 3.05) is 5.75 Å². The van der Waals surface area contributed by atoms with Gasteiger partial charge in [0.15, 0.2) is 10.9 Å². The molecule has 138 valence electrons. The topological polar surface area (TPSA) is 82.8 Å². The van der Waals surface area contributed by atoms with Gasteiger partial charge < -0.3 is 8.94 Å². The van der Waals surface area contributed by atoms with Crippen molar-refractivity contribution in [3.8, 4) is 22.3 Å². The molecule has 7 nitrogen and oxygen atoms in total. The summed E-state index contributed by atoms with van der Waals surface area (Å²) in [6, 6.07) is 7.67. The minimum Gasteiger partial charge on any atom is -0.461 e. The van der Waals surface area contributed by atoms with Crippen LogP contribution in [0, 0.1) is 0 Å². The first kappa shape index (κ1) is 17.7. The van der Waals surface area contributed by atoms with Gasteiger partial charge in [0, 0.05) is 18.7 Å². The largest absolute Gasteiger partial charge is 0.461 e. The molecule has 0 bridgehead atoms. The zero-order valence-corrected chi connectivity index (χ0v) is 16.1. The van der Waals surface area contributed by atoms with Crippen LogP contribution in [0.15, 0.2) is 62.7 Å². The van der Waals surface area contributed by atoms with E-state index in [1.54, 1.807) is 29.4 Å². The van der Waals surface area contributed by atoms with Crippen LogP contribution in [0.25, 0.3) is 22.3 Å². The van der Waals surface area contributed by atoms with Gasteiger partial charge in [-0.15, -0.1) is 28.1 Å². The maximum absolute atomic E-state index is 5.44. The van der Waals surface area contributed by atoms with Gasteiger partial charge in [-0.3, -0.25) is 4.57 Å². The Hall–Kier alpha value is -2.65. The summed E-state index contributed by atoms with van der Waals surface area (Å²) in [7, 11) is 0. The number of aryl methyl sites for hydroxylation is 1. The molecule has 4 heterocycles. The van der Waals surface area contributed by atoms with Crippen LogP contribution in [-0.2, 0) is 13.0 Å². The van der Waals surface area contributed by atoms with Crippen LogP contribution in [-0.4, -0.2) is 30.7 Å². The predicted molar refractivity (Wildman–Crippen MR) is 105 cm³/mol. The molecule has 0 atom stereocenters. The van der Waals surface area contributed by atoms with Gasteiger partial charge in [-0.05, 0) is 30.0 Å². The van der Waals surface area contributed by atoms with E-state index in [0.717, 1.165) is 28.6 Å². The maximum Gasteiger partial charge on any atom is 0.227 e. The quantitative estimate of drug-likeness (QED) is 0.232. The predicted octanol–water partition coefficient (Wildman–Crippen LogP) is 4.56. The second-order valence-corrected chi connectivity index (χ2v) is 7.63. The summed E-state index contributed by atoms with van der Waals surface area (Å²) in [4.78, 5) is 5.46. The number of hydrogen-bond acceptors (Lipinski definition) is 8. The summed E-state index contributed by atoms with van der Waals surface area (Å²) < 4.78 is 12.8. The second-order valence-electron chi connectivity index (χ2n) is 5.62. The molecule has 0 aliphatic heterocycles. The fraction of sp³-hybridized carbons (Fsp3) is 0.222. The van der Waals surface area contributed by atoms with Crippen LogP contribution in [0.3, 0.4) is 0 Å². The number of thiophene rings is 1. The Labute approximate surface area is 164 Å². The molecule has 0 aromatic carbocycles. The van der Waals surface area contributed by atoms with Crippen LogP contribution in [0.5, 0.6) is 0 Å². The van der Waals surface area contributed by atoms with Crippen molar-refractivity contribution in [1.29, 1.82) is 0 Å². The third-order valence-electron chi connectivity index (χ3n) is 3.75. The van der Waals surface area contributed by atoms with Gasteiger partial charge in [0.05, 0.1) is 11.1 Å². The second kappa shape index (κ2) is 8.36. The van der Waals surface area contributed by atoms with E-state index in [4.69, 9.17) is 8.94 Å². The van der Waals surface area contributed by atoms with E-state index in [-0.39, 0.29) is 0 Å². The lowest BCUT2D eigenvalue weighted by Crippen LogP contribution is -2.00. The maximum atomic E-state index is 5.44. The molecule has 0 N–H and O–H groups in total. The van der Waals surface area contributed by atoms with Crippen LogP contribution < -0.4 is 0 Å². The van der Waals surface area contributed by atoms with Gasteiger partial charge in [0.2, 0.25) is 17.5 Å². The molecule has 4 aromatic rings. The zero-order valence-electron chi connectivity index (χ0n) is 14.4. The molecular weight excluding hydrogens is 382 g/mol. The van der Waals surface area contributed by atoms with Crippen molar-refractivity contribution >= 4 is 23.1 Å². The highest BCUT2D eigenvalue weighted by molar-refractivity contribution is 7.99. The van der Waals surface area contributed by atoms with Gasteiger partial charge in [0.25, 0.3) is 0 Å². The summed E-state index contributed by atoms with van der Waals surface area (Å²) in [6.45, 7) is 4.44. The Morgan fingerprint density at radius 2 is 2.22 bits per heavy atom. The van der Waals surface area contributed by atoms with E-state index in [2.05, 4.69) is 26.9 Å². The molecule has 27 heavy (non-hydrogen) atoms. The molecule has 9 heteroatoms. The lowest BCUT2D eigenvalue weighted by molar-refractivity contribution is 0.378. The van der Waals surface area contributed by atoms with Gasteiger partial charge in [0.1, 0.15) is 0 Å². The normalized spacial score (nSPS) is 11.1. The van der Waals surface area contributed by atoms with E-state index >= 15 is 0 Å². The number of thioether (sulfide) groups is 1. The van der Waals surface area contributed by atoms with Crippen molar-refractivity contribution < 1.29 is 8.94 Å². The van der Waals surface area contributed by atoms with Crippen molar-refractivity contribution in [2.24, 2.45) is 0 Å². The number of rotatable bonds is 9. The Kier molecular flexibility index (Phi) is 5.50. The molecule has 0 aliphatic carbocycles. The van der Waals surface area contributed by atoms with E-state index in [9.17, 15) is 0 Å². The van der Waals surface area contributed by atoms with Crippen LogP contribution in [0.2, 0.25) is 0 Å². The minimum absolute atomic E-state index is 0.624. The van der Waals surface area contributed by atoms with Crippen LogP contribution in [0.1, 0.15) is 12.3 Å². The molecule has 0 spiro atoms. The van der Waals surface area contributed by atoms with E-state index in [1.807, 2.05) is 40.3 Å². The first-order valence-corrected chi connectivity index (χ1v) is 10.3. The summed E-state index contributed by atoms with van der Waals surface area (Å²) in [5.41, 5.74) is 0. The van der Waals surface area contributed by atoms with Crippen LogP contribution >= 0.6 is 23.1 Å². The lowest BCUT2D eigenvalue weighted by Gasteiger charge is -2.05. The Balaban J connectivity index is 1.35. The monoisotopic (exact) mass is 399 g/mol. The zero-order chi connectivity index (χ0) is 18.5.